The fourth-order valence-corrected chi connectivity index (χ4v) is 10.2. The zero-order chi connectivity index (χ0) is 31.7. The van der Waals surface area contributed by atoms with Crippen LogP contribution in [0.15, 0.2) is 11.0 Å². The number of hydrogen-bond acceptors (Lipinski definition) is 9. The first-order valence-corrected chi connectivity index (χ1v) is 19.0. The predicted molar refractivity (Wildman–Crippen MR) is 173 cm³/mol. The van der Waals surface area contributed by atoms with Crippen LogP contribution < -0.4 is 0 Å². The zero-order valence-corrected chi connectivity index (χ0v) is 29.1. The number of aromatic nitrogens is 1. The molecule has 4 heterocycles. The van der Waals surface area contributed by atoms with E-state index in [1.807, 2.05) is 53.0 Å². The summed E-state index contributed by atoms with van der Waals surface area (Å²) in [4.78, 5) is 31.5. The maximum absolute atomic E-state index is 13.8. The van der Waals surface area contributed by atoms with E-state index in [2.05, 4.69) is 4.98 Å². The lowest BCUT2D eigenvalue weighted by atomic mass is 9.69. The minimum atomic E-state index is -3.67. The highest BCUT2D eigenvalue weighted by Crippen LogP contribution is 2.43. The molecule has 0 aromatic carbocycles. The van der Waals surface area contributed by atoms with Gasteiger partial charge in [-0.05, 0) is 50.2 Å². The number of fused-ring (bicyclic) bond motifs is 1. The second-order valence-corrected chi connectivity index (χ2v) is 17.4. The van der Waals surface area contributed by atoms with Crippen molar-refractivity contribution in [1.82, 2.24) is 13.6 Å². The maximum Gasteiger partial charge on any atom is 0.306 e. The van der Waals surface area contributed by atoms with E-state index in [-0.39, 0.29) is 36.1 Å². The summed E-state index contributed by atoms with van der Waals surface area (Å²) in [5, 5.41) is 14.0. The van der Waals surface area contributed by atoms with E-state index in [0.29, 0.717) is 32.4 Å². The number of rotatable bonds is 4. The highest BCUT2D eigenvalue weighted by Gasteiger charge is 2.57. The van der Waals surface area contributed by atoms with Gasteiger partial charge in [0.15, 0.2) is 0 Å². The second kappa shape index (κ2) is 14.0. The molecule has 8 atom stereocenters. The Bertz CT molecular complexity index is 1290. The number of aliphatic hydroxyl groups excluding tert-OH is 1. The molecule has 0 amide bonds. The van der Waals surface area contributed by atoms with Crippen LogP contribution in [0.2, 0.25) is 0 Å². The number of ketones is 1. The number of thiazole rings is 1. The lowest BCUT2D eigenvalue weighted by molar-refractivity contribution is -0.151. The van der Waals surface area contributed by atoms with Crippen molar-refractivity contribution in [1.29, 1.82) is 0 Å². The highest BCUT2D eigenvalue weighted by atomic mass is 32.2. The summed E-state index contributed by atoms with van der Waals surface area (Å²) in [6, 6.07) is -0.496. The monoisotopic (exact) mass is 655 g/mol. The number of Topliss-reactive ketones (excluding diaryl/α,β-unsaturated/α-hetero) is 1. The van der Waals surface area contributed by atoms with Crippen LogP contribution in [0.4, 0.5) is 0 Å². The molecule has 0 saturated carbocycles. The third kappa shape index (κ3) is 7.92. The number of carbonyl (C=O) groups is 2. The molecule has 0 aliphatic carbocycles. The minimum Gasteiger partial charge on any atom is -0.458 e. The Morgan fingerprint density at radius 2 is 1.81 bits per heavy atom. The van der Waals surface area contributed by atoms with Crippen molar-refractivity contribution in [2.45, 2.75) is 105 Å². The molecule has 9 nitrogen and oxygen atoms in total. The lowest BCUT2D eigenvalue weighted by Crippen LogP contribution is -2.42. The quantitative estimate of drug-likeness (QED) is 0.358. The van der Waals surface area contributed by atoms with Gasteiger partial charge in [0, 0.05) is 66.2 Å². The molecule has 1 N–H and O–H groups in total. The van der Waals surface area contributed by atoms with Crippen LogP contribution in [0.5, 0.6) is 0 Å². The first-order chi connectivity index (χ1) is 20.1. The van der Waals surface area contributed by atoms with Crippen molar-refractivity contribution in [3.63, 3.8) is 0 Å². The van der Waals surface area contributed by atoms with Gasteiger partial charge < -0.3 is 9.84 Å². The van der Waals surface area contributed by atoms with Crippen LogP contribution in [-0.2, 0) is 24.5 Å². The van der Waals surface area contributed by atoms with Crippen molar-refractivity contribution in [2.75, 3.05) is 24.6 Å². The minimum absolute atomic E-state index is 0.0399. The SMILES string of the molecule is C/C(=C\c1csc(C)n1)C1C[C@H]2C(CCCC(C)[C@H](O)[C@@H](C)C(=O)C(C)(C)C(C)CC(=O)O1)N2S(=O)(=O)N1CCSCC1. The molecule has 3 aliphatic rings. The summed E-state index contributed by atoms with van der Waals surface area (Å²) < 4.78 is 37.0. The Morgan fingerprint density at radius 1 is 1.14 bits per heavy atom. The molecule has 0 spiro atoms. The van der Waals surface area contributed by atoms with Crippen molar-refractivity contribution in [3.05, 3.63) is 21.7 Å². The Hall–Kier alpha value is -1.31. The van der Waals surface area contributed by atoms with E-state index in [0.717, 1.165) is 34.2 Å². The van der Waals surface area contributed by atoms with Crippen molar-refractivity contribution in [3.8, 4) is 0 Å². The molecule has 242 valence electrons. The van der Waals surface area contributed by atoms with E-state index >= 15 is 0 Å². The Labute approximate surface area is 266 Å². The molecule has 3 fully saturated rings. The summed E-state index contributed by atoms with van der Waals surface area (Å²) in [6.45, 7) is 14.1. The van der Waals surface area contributed by atoms with Crippen LogP contribution in [0.3, 0.4) is 0 Å². The van der Waals surface area contributed by atoms with Gasteiger partial charge in [-0.1, -0.05) is 41.0 Å². The Balaban J connectivity index is 1.66. The molecule has 1 aromatic heterocycles. The highest BCUT2D eigenvalue weighted by molar-refractivity contribution is 7.99. The zero-order valence-electron chi connectivity index (χ0n) is 26.6. The van der Waals surface area contributed by atoms with Crippen LogP contribution in [0, 0.1) is 30.1 Å². The number of cyclic esters (lactones) is 1. The largest absolute Gasteiger partial charge is 0.458 e. The van der Waals surface area contributed by atoms with Gasteiger partial charge in [-0.2, -0.15) is 28.8 Å². The summed E-state index contributed by atoms with van der Waals surface area (Å²) in [7, 11) is -3.67. The van der Waals surface area contributed by atoms with Crippen LogP contribution >= 0.6 is 23.1 Å². The number of aliphatic hydroxyl groups is 1. The smallest absolute Gasteiger partial charge is 0.306 e. The van der Waals surface area contributed by atoms with Gasteiger partial charge in [0.25, 0.3) is 10.2 Å². The summed E-state index contributed by atoms with van der Waals surface area (Å²) in [5.41, 5.74) is 0.756. The number of nitrogens with zero attached hydrogens (tertiary/aromatic N) is 3. The van der Waals surface area contributed by atoms with Crippen LogP contribution in [0.1, 0.15) is 84.3 Å². The molecule has 43 heavy (non-hydrogen) atoms. The molecule has 12 heteroatoms. The Morgan fingerprint density at radius 3 is 2.44 bits per heavy atom. The topological polar surface area (TPSA) is 117 Å². The number of esters is 1. The molecule has 5 unspecified atom stereocenters. The van der Waals surface area contributed by atoms with Crippen molar-refractivity contribution in [2.24, 2.45) is 23.2 Å². The van der Waals surface area contributed by atoms with Gasteiger partial charge in [0.2, 0.25) is 0 Å². The van der Waals surface area contributed by atoms with Crippen LogP contribution in [0.25, 0.3) is 6.08 Å². The van der Waals surface area contributed by atoms with E-state index in [4.69, 9.17) is 4.74 Å². The number of thioether (sulfide) groups is 1. The van der Waals surface area contributed by atoms with Crippen molar-refractivity contribution < 1.29 is 27.9 Å². The predicted octanol–water partition coefficient (Wildman–Crippen LogP) is 4.94. The normalized spacial score (nSPS) is 35.7. The molecular formula is C31H49N3O6S3. The standard InChI is InChI=1S/C31H49N3O6S3/c1-19-9-8-10-25-26(34(25)43(38,39)33-11-13-41-14-12-33)17-27(20(2)15-24-18-42-23(5)32-24)40-28(35)16-21(3)31(6,7)30(37)22(4)29(19)36/h15,18-19,21-22,25-27,29,36H,8-14,16-17H2,1-7H3/b20-15+/t19?,21?,22-,25?,26+,27?,29+,34?/m1/s1. The molecular weight excluding hydrogens is 607 g/mol. The fraction of sp³-hybridized carbons (Fsp3) is 0.774. The first kappa shape index (κ1) is 34.6. The summed E-state index contributed by atoms with van der Waals surface area (Å²) >= 11 is 3.30. The first-order valence-electron chi connectivity index (χ1n) is 15.5. The third-order valence-corrected chi connectivity index (χ3v) is 13.7. The van der Waals surface area contributed by atoms with E-state index in [9.17, 15) is 23.1 Å². The van der Waals surface area contributed by atoms with Gasteiger partial charge in [-0.3, -0.25) is 9.59 Å². The average Bonchev–Trinajstić information content (AvgIpc) is 3.50. The van der Waals surface area contributed by atoms with E-state index < -0.39 is 39.7 Å². The number of carbonyl (C=O) groups excluding carboxylic acids is 2. The van der Waals surface area contributed by atoms with Gasteiger partial charge in [0.1, 0.15) is 11.9 Å². The molecule has 0 bridgehead atoms. The molecule has 0 radical (unpaired) electrons. The molecule has 4 rings (SSSR count). The van der Waals surface area contributed by atoms with E-state index in [1.54, 1.807) is 38.6 Å². The number of hydrogen-bond donors (Lipinski definition) is 1. The lowest BCUT2D eigenvalue weighted by Gasteiger charge is -2.35. The van der Waals surface area contributed by atoms with Gasteiger partial charge in [0.05, 0.1) is 16.8 Å². The van der Waals surface area contributed by atoms with Crippen molar-refractivity contribution >= 4 is 51.1 Å². The van der Waals surface area contributed by atoms with E-state index in [1.165, 1.54) is 0 Å². The fourth-order valence-electron chi connectivity index (χ4n) is 6.47. The second-order valence-electron chi connectivity index (χ2n) is 13.3. The molecule has 3 aliphatic heterocycles. The number of aryl methyl sites for hydroxylation is 1. The molecule has 1 aromatic rings. The number of ether oxygens (including phenoxy) is 1. The maximum atomic E-state index is 13.8. The van der Waals surface area contributed by atoms with Crippen LogP contribution in [-0.4, -0.2) is 87.8 Å². The molecule has 3 saturated heterocycles. The van der Waals surface area contributed by atoms with Gasteiger partial charge in [-0.25, -0.2) is 4.98 Å². The summed E-state index contributed by atoms with van der Waals surface area (Å²) in [6.07, 6.45) is 2.92. The third-order valence-electron chi connectivity index (χ3n) is 9.83. The van der Waals surface area contributed by atoms with Gasteiger partial charge >= 0.3 is 5.97 Å². The average molecular weight is 656 g/mol. The summed E-state index contributed by atoms with van der Waals surface area (Å²) in [5.74, 6) is 0.0386. The van der Waals surface area contributed by atoms with Gasteiger partial charge in [-0.15, -0.1) is 11.3 Å². The Kier molecular flexibility index (Phi) is 11.2.